The molecule has 1 aliphatic heterocycles. The zero-order chi connectivity index (χ0) is 11.5. The molecular weight excluding hydrogens is 202 g/mol. The monoisotopic (exact) mass is 221 g/mol. The van der Waals surface area contributed by atoms with E-state index in [1.807, 2.05) is 0 Å². The molecule has 1 aromatic rings. The van der Waals surface area contributed by atoms with Gasteiger partial charge in [-0.2, -0.15) is 0 Å². The average Bonchev–Trinajstić information content (AvgIpc) is 2.68. The first-order valence-corrected chi connectivity index (χ1v) is 5.72. The number of rotatable bonds is 3. The maximum absolute atomic E-state index is 6.15. The summed E-state index contributed by atoms with van der Waals surface area (Å²) in [6, 6.07) is 6.40. The van der Waals surface area contributed by atoms with Gasteiger partial charge in [-0.05, 0) is 19.4 Å². The molecule has 1 unspecified atom stereocenters. The molecule has 16 heavy (non-hydrogen) atoms. The van der Waals surface area contributed by atoms with Crippen LogP contribution >= 0.6 is 0 Å². The first-order valence-electron chi connectivity index (χ1n) is 5.72. The van der Waals surface area contributed by atoms with Crippen LogP contribution in [-0.4, -0.2) is 19.5 Å². The predicted molar refractivity (Wildman–Crippen MR) is 63.2 cm³/mol. The molecule has 0 spiro atoms. The van der Waals surface area contributed by atoms with E-state index in [1.54, 1.807) is 0 Å². The van der Waals surface area contributed by atoms with Crippen molar-refractivity contribution >= 4 is 0 Å². The molecule has 1 aromatic carbocycles. The zero-order valence-electron chi connectivity index (χ0n) is 9.90. The van der Waals surface area contributed by atoms with Crippen LogP contribution < -0.4 is 5.73 Å². The van der Waals surface area contributed by atoms with Crippen molar-refractivity contribution in [3.8, 4) is 0 Å². The third kappa shape index (κ3) is 2.82. The molecule has 2 rings (SSSR count). The summed E-state index contributed by atoms with van der Waals surface area (Å²) in [6.07, 6.45) is 0.596. The van der Waals surface area contributed by atoms with Gasteiger partial charge in [0, 0.05) is 12.5 Å². The van der Waals surface area contributed by atoms with Crippen LogP contribution in [0.15, 0.2) is 18.2 Å². The number of nitrogens with two attached hydrogens (primary N) is 1. The van der Waals surface area contributed by atoms with Gasteiger partial charge in [-0.3, -0.25) is 0 Å². The number of hydrogen-bond donors (Lipinski definition) is 1. The molecule has 1 heterocycles. The third-order valence-corrected chi connectivity index (χ3v) is 2.81. The van der Waals surface area contributed by atoms with Crippen LogP contribution in [0.3, 0.4) is 0 Å². The maximum atomic E-state index is 6.15. The van der Waals surface area contributed by atoms with E-state index in [0.717, 1.165) is 12.0 Å². The number of benzene rings is 1. The van der Waals surface area contributed by atoms with Crippen molar-refractivity contribution < 1.29 is 9.47 Å². The Morgan fingerprint density at radius 1 is 1.19 bits per heavy atom. The topological polar surface area (TPSA) is 44.5 Å². The van der Waals surface area contributed by atoms with Crippen molar-refractivity contribution in [2.75, 3.05) is 13.2 Å². The minimum Gasteiger partial charge on any atom is -0.350 e. The summed E-state index contributed by atoms with van der Waals surface area (Å²) < 4.78 is 10.8. The van der Waals surface area contributed by atoms with Gasteiger partial charge in [0.15, 0.2) is 6.29 Å². The van der Waals surface area contributed by atoms with Gasteiger partial charge >= 0.3 is 0 Å². The predicted octanol–water partition coefficient (Wildman–Crippen LogP) is 2.07. The summed E-state index contributed by atoms with van der Waals surface area (Å²) in [7, 11) is 0. The molecule has 0 saturated carbocycles. The fraction of sp³-hybridized carbons (Fsp3) is 0.538. The van der Waals surface area contributed by atoms with E-state index in [-0.39, 0.29) is 12.3 Å². The maximum Gasteiger partial charge on any atom is 0.159 e. The summed E-state index contributed by atoms with van der Waals surface area (Å²) in [6.45, 7) is 5.55. The molecule has 1 atom stereocenters. The van der Waals surface area contributed by atoms with Gasteiger partial charge in [0.2, 0.25) is 0 Å². The Hall–Kier alpha value is -0.900. The molecule has 0 radical (unpaired) electrons. The van der Waals surface area contributed by atoms with E-state index in [9.17, 15) is 0 Å². The molecule has 3 nitrogen and oxygen atoms in total. The standard InChI is InChI=1S/C13H19NO2/c1-9-5-10(2)7-11(6-9)12(14)8-13-15-3-4-16-13/h5-7,12-13H,3-4,8,14H2,1-2H3. The molecule has 0 bridgehead atoms. The van der Waals surface area contributed by atoms with Gasteiger partial charge in [-0.25, -0.2) is 0 Å². The molecule has 1 aliphatic rings. The van der Waals surface area contributed by atoms with Crippen LogP contribution in [0.5, 0.6) is 0 Å². The van der Waals surface area contributed by atoms with Gasteiger partial charge in [0.05, 0.1) is 13.2 Å². The van der Waals surface area contributed by atoms with Gasteiger partial charge in [0.1, 0.15) is 0 Å². The van der Waals surface area contributed by atoms with Crippen LogP contribution in [0.2, 0.25) is 0 Å². The first kappa shape index (κ1) is 11.6. The van der Waals surface area contributed by atoms with Crippen molar-refractivity contribution in [1.29, 1.82) is 0 Å². The second kappa shape index (κ2) is 4.95. The smallest absolute Gasteiger partial charge is 0.159 e. The Labute approximate surface area is 96.5 Å². The average molecular weight is 221 g/mol. The Kier molecular flexibility index (Phi) is 3.59. The summed E-state index contributed by atoms with van der Waals surface area (Å²) in [5, 5.41) is 0. The fourth-order valence-corrected chi connectivity index (χ4v) is 2.11. The first-order chi connectivity index (χ1) is 7.65. The fourth-order valence-electron chi connectivity index (χ4n) is 2.11. The van der Waals surface area contributed by atoms with Crippen LogP contribution in [0, 0.1) is 13.8 Å². The molecule has 1 saturated heterocycles. The van der Waals surface area contributed by atoms with Gasteiger partial charge in [-0.1, -0.05) is 29.3 Å². The summed E-state index contributed by atoms with van der Waals surface area (Å²) >= 11 is 0. The number of aryl methyl sites for hydroxylation is 2. The normalized spacial score (nSPS) is 18.9. The van der Waals surface area contributed by atoms with E-state index in [2.05, 4.69) is 32.0 Å². The summed E-state index contributed by atoms with van der Waals surface area (Å²) in [5.41, 5.74) is 9.81. The highest BCUT2D eigenvalue weighted by molar-refractivity contribution is 5.30. The summed E-state index contributed by atoms with van der Waals surface area (Å²) in [4.78, 5) is 0. The zero-order valence-corrected chi connectivity index (χ0v) is 9.90. The lowest BCUT2D eigenvalue weighted by atomic mass is 10.00. The van der Waals surface area contributed by atoms with Crippen molar-refractivity contribution in [1.82, 2.24) is 0 Å². The van der Waals surface area contributed by atoms with Crippen molar-refractivity contribution in [3.05, 3.63) is 34.9 Å². The Morgan fingerprint density at radius 2 is 1.75 bits per heavy atom. The Balaban J connectivity index is 2.04. The molecule has 3 heteroatoms. The SMILES string of the molecule is Cc1cc(C)cc(C(N)CC2OCCO2)c1. The Morgan fingerprint density at radius 3 is 2.31 bits per heavy atom. The van der Waals surface area contributed by atoms with E-state index in [1.165, 1.54) is 11.1 Å². The van der Waals surface area contributed by atoms with Crippen LogP contribution in [0.25, 0.3) is 0 Å². The second-order valence-corrected chi connectivity index (χ2v) is 4.43. The molecule has 1 fully saturated rings. The quantitative estimate of drug-likeness (QED) is 0.849. The van der Waals surface area contributed by atoms with E-state index < -0.39 is 0 Å². The van der Waals surface area contributed by atoms with E-state index >= 15 is 0 Å². The number of hydrogen-bond acceptors (Lipinski definition) is 3. The van der Waals surface area contributed by atoms with Crippen molar-refractivity contribution in [2.24, 2.45) is 5.73 Å². The highest BCUT2D eigenvalue weighted by atomic mass is 16.7. The minimum atomic E-state index is -0.129. The van der Waals surface area contributed by atoms with Crippen molar-refractivity contribution in [3.63, 3.8) is 0 Å². The largest absolute Gasteiger partial charge is 0.350 e. The lowest BCUT2D eigenvalue weighted by molar-refractivity contribution is -0.0507. The van der Waals surface area contributed by atoms with Gasteiger partial charge in [-0.15, -0.1) is 0 Å². The van der Waals surface area contributed by atoms with Crippen LogP contribution in [-0.2, 0) is 9.47 Å². The van der Waals surface area contributed by atoms with E-state index in [0.29, 0.717) is 13.2 Å². The van der Waals surface area contributed by atoms with Crippen LogP contribution in [0.1, 0.15) is 29.2 Å². The molecule has 0 aromatic heterocycles. The van der Waals surface area contributed by atoms with Crippen LogP contribution in [0.4, 0.5) is 0 Å². The third-order valence-electron chi connectivity index (χ3n) is 2.81. The number of ether oxygens (including phenoxy) is 2. The van der Waals surface area contributed by atoms with Gasteiger partial charge < -0.3 is 15.2 Å². The molecule has 0 amide bonds. The molecule has 2 N–H and O–H groups in total. The highest BCUT2D eigenvalue weighted by Crippen LogP contribution is 2.22. The van der Waals surface area contributed by atoms with E-state index in [4.69, 9.17) is 15.2 Å². The molecule has 0 aliphatic carbocycles. The Bertz CT molecular complexity index is 339. The lowest BCUT2D eigenvalue weighted by Gasteiger charge is -2.17. The minimum absolute atomic E-state index is 0.0123. The summed E-state index contributed by atoms with van der Waals surface area (Å²) in [5.74, 6) is 0. The second-order valence-electron chi connectivity index (χ2n) is 4.43. The lowest BCUT2D eigenvalue weighted by Crippen LogP contribution is -2.19. The van der Waals surface area contributed by atoms with Gasteiger partial charge in [0.25, 0.3) is 0 Å². The molecule has 88 valence electrons. The molecular formula is C13H19NO2. The van der Waals surface area contributed by atoms with Crippen molar-refractivity contribution in [2.45, 2.75) is 32.6 Å². The highest BCUT2D eigenvalue weighted by Gasteiger charge is 2.20.